The van der Waals surface area contributed by atoms with Crippen molar-refractivity contribution in [3.8, 4) is 0 Å². The summed E-state index contributed by atoms with van der Waals surface area (Å²) in [6.07, 6.45) is 2.12. The van der Waals surface area contributed by atoms with Gasteiger partial charge in [-0.1, -0.05) is 6.08 Å². The number of aliphatic hydroxyl groups is 1. The molecule has 0 saturated carbocycles. The number of cyclic esters (lactones) is 1. The fraction of sp³-hybridized carbons (Fsp3) is 0.667. The van der Waals surface area contributed by atoms with E-state index in [0.717, 1.165) is 0 Å². The number of carbonyl (C=O) groups excluding carboxylic acids is 1. The monoisotopic (exact) mass is 185 g/mol. The summed E-state index contributed by atoms with van der Waals surface area (Å²) >= 11 is 0. The minimum atomic E-state index is -0.339. The third-order valence-corrected chi connectivity index (χ3v) is 2.18. The number of carbonyl (C=O) groups is 1. The molecule has 1 N–H and O–H groups in total. The molecule has 1 saturated heterocycles. The Kier molecular flexibility index (Phi) is 3.31. The van der Waals surface area contributed by atoms with Gasteiger partial charge >= 0.3 is 6.09 Å². The third kappa shape index (κ3) is 2.01. The number of rotatable bonds is 4. The predicted molar refractivity (Wildman–Crippen MR) is 48.3 cm³/mol. The lowest BCUT2D eigenvalue weighted by atomic mass is 10.1. The third-order valence-electron chi connectivity index (χ3n) is 2.18. The van der Waals surface area contributed by atoms with E-state index in [4.69, 9.17) is 9.84 Å². The van der Waals surface area contributed by atoms with Crippen LogP contribution in [0, 0.1) is 0 Å². The van der Waals surface area contributed by atoms with Crippen molar-refractivity contribution in [3.05, 3.63) is 12.7 Å². The summed E-state index contributed by atoms with van der Waals surface area (Å²) in [6.45, 7) is 5.77. The van der Waals surface area contributed by atoms with Crippen molar-refractivity contribution in [2.75, 3.05) is 13.2 Å². The van der Waals surface area contributed by atoms with Crippen LogP contribution in [0.4, 0.5) is 4.79 Å². The van der Waals surface area contributed by atoms with Crippen LogP contribution in [0.25, 0.3) is 0 Å². The van der Waals surface area contributed by atoms with Crippen LogP contribution < -0.4 is 0 Å². The van der Waals surface area contributed by atoms with E-state index < -0.39 is 0 Å². The van der Waals surface area contributed by atoms with Gasteiger partial charge in [-0.05, 0) is 13.3 Å². The molecule has 1 heterocycles. The Labute approximate surface area is 77.8 Å². The van der Waals surface area contributed by atoms with E-state index in [2.05, 4.69) is 6.58 Å². The van der Waals surface area contributed by atoms with Crippen molar-refractivity contribution in [2.24, 2.45) is 0 Å². The maximum absolute atomic E-state index is 11.2. The van der Waals surface area contributed by atoms with E-state index in [1.165, 1.54) is 0 Å². The van der Waals surface area contributed by atoms with Crippen LogP contribution in [-0.2, 0) is 4.74 Å². The van der Waals surface area contributed by atoms with Crippen molar-refractivity contribution in [1.82, 2.24) is 4.90 Å². The number of ether oxygens (including phenoxy) is 1. The average Bonchev–Trinajstić information content (AvgIpc) is 2.47. The summed E-state index contributed by atoms with van der Waals surface area (Å²) in [7, 11) is 0. The molecule has 0 radical (unpaired) electrons. The zero-order valence-electron chi connectivity index (χ0n) is 7.77. The Hall–Kier alpha value is -1.03. The largest absolute Gasteiger partial charge is 0.447 e. The normalized spacial score (nSPS) is 24.3. The van der Waals surface area contributed by atoms with E-state index in [0.29, 0.717) is 13.0 Å². The van der Waals surface area contributed by atoms with Gasteiger partial charge in [0, 0.05) is 0 Å². The Bertz CT molecular complexity index is 205. The summed E-state index contributed by atoms with van der Waals surface area (Å²) in [4.78, 5) is 12.8. The second kappa shape index (κ2) is 4.28. The van der Waals surface area contributed by atoms with Crippen LogP contribution in [0.3, 0.4) is 0 Å². The number of amides is 1. The van der Waals surface area contributed by atoms with Gasteiger partial charge in [0.15, 0.2) is 0 Å². The number of nitrogens with zero attached hydrogens (tertiary/aromatic N) is 1. The highest BCUT2D eigenvalue weighted by Gasteiger charge is 2.34. The van der Waals surface area contributed by atoms with Crippen molar-refractivity contribution in [3.63, 3.8) is 0 Å². The molecule has 0 spiro atoms. The molecule has 0 unspecified atom stereocenters. The average molecular weight is 185 g/mol. The van der Waals surface area contributed by atoms with Gasteiger partial charge < -0.3 is 9.84 Å². The number of hydrogen-bond acceptors (Lipinski definition) is 3. The van der Waals surface area contributed by atoms with Crippen molar-refractivity contribution in [1.29, 1.82) is 0 Å². The molecule has 0 aromatic carbocycles. The predicted octanol–water partition coefficient (Wildman–Crippen LogP) is 0.764. The fourth-order valence-electron chi connectivity index (χ4n) is 1.47. The van der Waals surface area contributed by atoms with Gasteiger partial charge in [0.1, 0.15) is 6.61 Å². The van der Waals surface area contributed by atoms with Gasteiger partial charge in [0.2, 0.25) is 0 Å². The molecule has 4 nitrogen and oxygen atoms in total. The Morgan fingerprint density at radius 3 is 3.15 bits per heavy atom. The second-order valence-corrected chi connectivity index (χ2v) is 3.19. The van der Waals surface area contributed by atoms with Gasteiger partial charge in [-0.3, -0.25) is 4.90 Å². The molecule has 13 heavy (non-hydrogen) atoms. The number of hydrogen-bond donors (Lipinski definition) is 1. The van der Waals surface area contributed by atoms with Crippen LogP contribution in [0.2, 0.25) is 0 Å². The van der Waals surface area contributed by atoms with Crippen LogP contribution in [0.15, 0.2) is 12.7 Å². The van der Waals surface area contributed by atoms with Crippen molar-refractivity contribution >= 4 is 6.09 Å². The molecule has 0 aliphatic carbocycles. The molecule has 4 heteroatoms. The van der Waals surface area contributed by atoms with Crippen LogP contribution in [0.1, 0.15) is 13.3 Å². The van der Waals surface area contributed by atoms with Gasteiger partial charge in [0.25, 0.3) is 0 Å². The molecule has 1 fully saturated rings. The lowest BCUT2D eigenvalue weighted by Crippen LogP contribution is -2.42. The summed E-state index contributed by atoms with van der Waals surface area (Å²) in [6, 6.07) is -0.146. The molecule has 1 rings (SSSR count). The first-order chi connectivity index (χ1) is 6.20. The Morgan fingerprint density at radius 1 is 1.92 bits per heavy atom. The van der Waals surface area contributed by atoms with Crippen LogP contribution in [-0.4, -0.2) is 41.4 Å². The molecular weight excluding hydrogens is 170 g/mol. The van der Waals surface area contributed by atoms with E-state index in [9.17, 15) is 4.79 Å². The molecule has 0 bridgehead atoms. The van der Waals surface area contributed by atoms with E-state index in [1.807, 2.05) is 0 Å². The summed E-state index contributed by atoms with van der Waals surface area (Å²) < 4.78 is 4.88. The van der Waals surface area contributed by atoms with E-state index in [1.54, 1.807) is 17.9 Å². The minimum absolute atomic E-state index is 0.0344. The zero-order valence-corrected chi connectivity index (χ0v) is 7.77. The lowest BCUT2D eigenvalue weighted by Gasteiger charge is -2.25. The molecule has 0 aromatic heterocycles. The quantitative estimate of drug-likeness (QED) is 0.658. The first-order valence-corrected chi connectivity index (χ1v) is 4.37. The summed E-state index contributed by atoms with van der Waals surface area (Å²) in [5.41, 5.74) is 0. The molecule has 0 aromatic rings. The van der Waals surface area contributed by atoms with E-state index >= 15 is 0 Å². The fourth-order valence-corrected chi connectivity index (χ4v) is 1.47. The first kappa shape index (κ1) is 10.1. The van der Waals surface area contributed by atoms with Gasteiger partial charge in [-0.2, -0.15) is 0 Å². The Balaban J connectivity index is 2.64. The standard InChI is InChI=1S/C9H15NO3/c1-3-4-8-6-13-9(12)10(8)7(2)5-11/h3,7-8,11H,1,4-6H2,2H3/t7-,8-/m1/s1. The minimum Gasteiger partial charge on any atom is -0.447 e. The number of aliphatic hydroxyl groups excluding tert-OH is 1. The first-order valence-electron chi connectivity index (χ1n) is 4.37. The van der Waals surface area contributed by atoms with E-state index in [-0.39, 0.29) is 24.8 Å². The molecule has 74 valence electrons. The SMILES string of the molecule is C=CC[C@@H]1COC(=O)N1[C@H](C)CO. The summed E-state index contributed by atoms with van der Waals surface area (Å²) in [5.74, 6) is 0. The van der Waals surface area contributed by atoms with Gasteiger partial charge in [-0.25, -0.2) is 4.79 Å². The van der Waals surface area contributed by atoms with Gasteiger partial charge in [0.05, 0.1) is 18.7 Å². The molecular formula is C9H15NO3. The van der Waals surface area contributed by atoms with Gasteiger partial charge in [-0.15, -0.1) is 6.58 Å². The maximum Gasteiger partial charge on any atom is 0.410 e. The highest BCUT2D eigenvalue weighted by Crippen LogP contribution is 2.18. The zero-order chi connectivity index (χ0) is 9.84. The van der Waals surface area contributed by atoms with Crippen LogP contribution >= 0.6 is 0 Å². The second-order valence-electron chi connectivity index (χ2n) is 3.19. The maximum atomic E-state index is 11.2. The molecule has 2 atom stereocenters. The topological polar surface area (TPSA) is 49.8 Å². The highest BCUT2D eigenvalue weighted by molar-refractivity contribution is 5.70. The Morgan fingerprint density at radius 2 is 2.62 bits per heavy atom. The summed E-state index contributed by atoms with van der Waals surface area (Å²) in [5, 5.41) is 8.92. The smallest absolute Gasteiger partial charge is 0.410 e. The lowest BCUT2D eigenvalue weighted by molar-refractivity contribution is 0.123. The van der Waals surface area contributed by atoms with Crippen molar-refractivity contribution < 1.29 is 14.6 Å². The highest BCUT2D eigenvalue weighted by atomic mass is 16.6. The van der Waals surface area contributed by atoms with Crippen LogP contribution in [0.5, 0.6) is 0 Å². The molecule has 1 amide bonds. The molecule has 1 aliphatic rings. The molecule has 1 aliphatic heterocycles. The van der Waals surface area contributed by atoms with Crippen molar-refractivity contribution in [2.45, 2.75) is 25.4 Å².